The van der Waals surface area contributed by atoms with Crippen molar-refractivity contribution in [3.63, 3.8) is 0 Å². The second-order valence-electron chi connectivity index (χ2n) is 4.49. The van der Waals surface area contributed by atoms with Crippen molar-refractivity contribution < 1.29 is 13.2 Å². The Hall–Kier alpha value is 0.120. The molecule has 0 saturated carbocycles. The summed E-state index contributed by atoms with van der Waals surface area (Å²) in [4.78, 5) is 0. The summed E-state index contributed by atoms with van der Waals surface area (Å²) in [6, 6.07) is 0. The van der Waals surface area contributed by atoms with Gasteiger partial charge in [0.25, 0.3) is 10.2 Å². The van der Waals surface area contributed by atoms with Crippen LogP contribution in [0.3, 0.4) is 0 Å². The number of ether oxygens (including phenoxy) is 1. The van der Waals surface area contributed by atoms with Crippen LogP contribution >= 0.6 is 11.6 Å². The number of methoxy groups -OCH3 is 1. The van der Waals surface area contributed by atoms with Gasteiger partial charge in [0.1, 0.15) is 0 Å². The van der Waals surface area contributed by atoms with Gasteiger partial charge >= 0.3 is 0 Å². The lowest BCUT2D eigenvalue weighted by Crippen LogP contribution is -2.48. The standard InChI is InChI=1S/C11H23ClN2O3S/c1-3-13(8-9-17-2)18(15,16)14-6-4-11(10-12)5-7-14/h11H,3-10H2,1-2H3. The molecule has 1 aliphatic heterocycles. The average molecular weight is 299 g/mol. The number of nitrogens with zero attached hydrogens (tertiary/aromatic N) is 2. The maximum Gasteiger partial charge on any atom is 0.282 e. The largest absolute Gasteiger partial charge is 0.383 e. The molecule has 0 aromatic heterocycles. The van der Waals surface area contributed by atoms with E-state index in [4.69, 9.17) is 16.3 Å². The molecule has 0 atom stereocenters. The highest BCUT2D eigenvalue weighted by molar-refractivity contribution is 7.86. The molecule has 0 aromatic rings. The van der Waals surface area contributed by atoms with Crippen LogP contribution in [0.15, 0.2) is 0 Å². The van der Waals surface area contributed by atoms with Gasteiger partial charge in [-0.3, -0.25) is 0 Å². The highest BCUT2D eigenvalue weighted by atomic mass is 35.5. The third-order valence-corrected chi connectivity index (χ3v) is 5.89. The van der Waals surface area contributed by atoms with Gasteiger partial charge in [-0.15, -0.1) is 11.6 Å². The van der Waals surface area contributed by atoms with E-state index in [-0.39, 0.29) is 0 Å². The van der Waals surface area contributed by atoms with Gasteiger partial charge < -0.3 is 4.74 Å². The lowest BCUT2D eigenvalue weighted by molar-refractivity contribution is 0.175. The minimum absolute atomic E-state index is 0.408. The second-order valence-corrected chi connectivity index (χ2v) is 6.73. The molecule has 5 nitrogen and oxygen atoms in total. The van der Waals surface area contributed by atoms with E-state index in [1.807, 2.05) is 6.92 Å². The van der Waals surface area contributed by atoms with E-state index in [1.54, 1.807) is 11.4 Å². The molecule has 1 aliphatic rings. The van der Waals surface area contributed by atoms with Crippen molar-refractivity contribution in [3.8, 4) is 0 Å². The second kappa shape index (κ2) is 7.65. The number of alkyl halides is 1. The average Bonchev–Trinajstić information content (AvgIpc) is 2.39. The molecular formula is C11H23ClN2O3S. The number of hydrogen-bond donors (Lipinski definition) is 0. The number of halogens is 1. The van der Waals surface area contributed by atoms with E-state index in [2.05, 4.69) is 0 Å². The quantitative estimate of drug-likeness (QED) is 0.663. The van der Waals surface area contributed by atoms with Crippen LogP contribution in [0.5, 0.6) is 0 Å². The molecule has 1 fully saturated rings. The van der Waals surface area contributed by atoms with Gasteiger partial charge in [0, 0.05) is 39.2 Å². The molecule has 0 aliphatic carbocycles. The number of likely N-dealkylation sites (N-methyl/N-ethyl adjacent to an activating group) is 1. The first-order chi connectivity index (χ1) is 8.56. The number of piperidine rings is 1. The van der Waals surface area contributed by atoms with Gasteiger partial charge in [-0.2, -0.15) is 17.0 Å². The summed E-state index contributed by atoms with van der Waals surface area (Å²) < 4.78 is 32.7. The Morgan fingerprint density at radius 3 is 2.44 bits per heavy atom. The van der Waals surface area contributed by atoms with Crippen molar-refractivity contribution in [2.24, 2.45) is 5.92 Å². The van der Waals surface area contributed by atoms with Crippen LogP contribution in [0.2, 0.25) is 0 Å². The fourth-order valence-corrected chi connectivity index (χ4v) is 4.03. The Bertz CT molecular complexity index is 329. The molecule has 108 valence electrons. The third kappa shape index (κ3) is 4.06. The zero-order valence-electron chi connectivity index (χ0n) is 11.1. The van der Waals surface area contributed by atoms with Crippen molar-refractivity contribution in [2.45, 2.75) is 19.8 Å². The fourth-order valence-electron chi connectivity index (χ4n) is 2.09. The predicted octanol–water partition coefficient (Wildman–Crippen LogP) is 1.15. The predicted molar refractivity (Wildman–Crippen MR) is 73.1 cm³/mol. The summed E-state index contributed by atoms with van der Waals surface area (Å²) >= 11 is 5.81. The van der Waals surface area contributed by atoms with Gasteiger partial charge in [-0.1, -0.05) is 6.92 Å². The lowest BCUT2D eigenvalue weighted by Gasteiger charge is -2.34. The number of rotatable bonds is 7. The molecule has 0 unspecified atom stereocenters. The third-order valence-electron chi connectivity index (χ3n) is 3.34. The Morgan fingerprint density at radius 1 is 1.39 bits per heavy atom. The van der Waals surface area contributed by atoms with E-state index >= 15 is 0 Å². The topological polar surface area (TPSA) is 49.9 Å². The summed E-state index contributed by atoms with van der Waals surface area (Å²) in [5.74, 6) is 1.07. The molecule has 0 spiro atoms. The molecule has 0 N–H and O–H groups in total. The Labute approximate surface area is 115 Å². The van der Waals surface area contributed by atoms with Gasteiger partial charge in [0.2, 0.25) is 0 Å². The lowest BCUT2D eigenvalue weighted by atomic mass is 10.0. The maximum absolute atomic E-state index is 12.4. The van der Waals surface area contributed by atoms with Crippen LogP contribution in [0.1, 0.15) is 19.8 Å². The summed E-state index contributed by atoms with van der Waals surface area (Å²) in [5.41, 5.74) is 0. The van der Waals surface area contributed by atoms with Crippen LogP contribution in [0, 0.1) is 5.92 Å². The maximum atomic E-state index is 12.4. The van der Waals surface area contributed by atoms with Gasteiger partial charge in [0.05, 0.1) is 6.61 Å². The Balaban J connectivity index is 2.62. The van der Waals surface area contributed by atoms with Crippen LogP contribution in [0.4, 0.5) is 0 Å². The molecule has 18 heavy (non-hydrogen) atoms. The highest BCUT2D eigenvalue weighted by Crippen LogP contribution is 2.22. The summed E-state index contributed by atoms with van der Waals surface area (Å²) in [5, 5.41) is 0. The monoisotopic (exact) mass is 298 g/mol. The van der Waals surface area contributed by atoms with Gasteiger partial charge in [-0.05, 0) is 18.8 Å². The van der Waals surface area contributed by atoms with Crippen molar-refractivity contribution >= 4 is 21.8 Å². The van der Waals surface area contributed by atoms with Crippen LogP contribution in [0.25, 0.3) is 0 Å². The van der Waals surface area contributed by atoms with E-state index in [1.165, 1.54) is 4.31 Å². The molecule has 0 bridgehead atoms. The molecule has 0 aromatic carbocycles. The SMILES string of the molecule is CCN(CCOC)S(=O)(=O)N1CCC(CCl)CC1. The Kier molecular flexibility index (Phi) is 6.87. The molecule has 0 radical (unpaired) electrons. The van der Waals surface area contributed by atoms with Crippen molar-refractivity contribution in [1.82, 2.24) is 8.61 Å². The molecule has 1 saturated heterocycles. The summed E-state index contributed by atoms with van der Waals surface area (Å²) in [7, 11) is -1.76. The minimum atomic E-state index is -3.33. The van der Waals surface area contributed by atoms with Crippen LogP contribution < -0.4 is 0 Å². The summed E-state index contributed by atoms with van der Waals surface area (Å²) in [6.07, 6.45) is 1.70. The van der Waals surface area contributed by atoms with Gasteiger partial charge in [-0.25, -0.2) is 0 Å². The van der Waals surface area contributed by atoms with E-state index in [0.29, 0.717) is 44.6 Å². The first-order valence-corrected chi connectivity index (χ1v) is 8.29. The normalized spacial score (nSPS) is 19.6. The van der Waals surface area contributed by atoms with Gasteiger partial charge in [0.15, 0.2) is 0 Å². The first-order valence-electron chi connectivity index (χ1n) is 6.36. The molecule has 1 rings (SSSR count). The van der Waals surface area contributed by atoms with Crippen molar-refractivity contribution in [1.29, 1.82) is 0 Å². The molecular weight excluding hydrogens is 276 g/mol. The van der Waals surface area contributed by atoms with Crippen LogP contribution in [-0.4, -0.2) is 62.8 Å². The van der Waals surface area contributed by atoms with Crippen molar-refractivity contribution in [3.05, 3.63) is 0 Å². The zero-order chi connectivity index (χ0) is 13.6. The van der Waals surface area contributed by atoms with E-state index < -0.39 is 10.2 Å². The van der Waals surface area contributed by atoms with E-state index in [9.17, 15) is 8.42 Å². The Morgan fingerprint density at radius 2 is 2.00 bits per heavy atom. The van der Waals surface area contributed by atoms with E-state index in [0.717, 1.165) is 12.8 Å². The molecule has 1 heterocycles. The smallest absolute Gasteiger partial charge is 0.282 e. The van der Waals surface area contributed by atoms with Crippen molar-refractivity contribution in [2.75, 3.05) is 45.8 Å². The fraction of sp³-hybridized carbons (Fsp3) is 1.00. The molecule has 0 amide bonds. The number of hydrogen-bond acceptors (Lipinski definition) is 3. The zero-order valence-corrected chi connectivity index (χ0v) is 12.7. The minimum Gasteiger partial charge on any atom is -0.383 e. The highest BCUT2D eigenvalue weighted by Gasteiger charge is 2.31. The summed E-state index contributed by atoms with van der Waals surface area (Å²) in [6.45, 7) is 4.29. The van der Waals surface area contributed by atoms with Crippen LogP contribution in [-0.2, 0) is 14.9 Å². The first kappa shape index (κ1) is 16.2. The molecule has 7 heteroatoms.